The molecule has 1 N–H and O–H groups in total. The smallest absolute Gasteiger partial charge is 0.407 e. The van der Waals surface area contributed by atoms with Crippen molar-refractivity contribution in [2.45, 2.75) is 26.4 Å². The van der Waals surface area contributed by atoms with E-state index in [1.165, 1.54) is 0 Å². The molecule has 0 radical (unpaired) electrons. The fourth-order valence-corrected chi connectivity index (χ4v) is 1.36. The summed E-state index contributed by atoms with van der Waals surface area (Å²) in [5.74, 6) is 1.35. The molecule has 0 saturated carbocycles. The first-order valence-electron chi connectivity index (χ1n) is 6.52. The first-order chi connectivity index (χ1) is 9.28. The molecule has 20 heavy (non-hydrogen) atoms. The zero-order valence-electron chi connectivity index (χ0n) is 12.8. The van der Waals surface area contributed by atoms with E-state index in [2.05, 4.69) is 10.3 Å². The van der Waals surface area contributed by atoms with E-state index in [0.717, 1.165) is 5.82 Å². The van der Waals surface area contributed by atoms with Crippen LogP contribution in [0, 0.1) is 0 Å². The maximum Gasteiger partial charge on any atom is 0.407 e. The lowest BCUT2D eigenvalue weighted by Gasteiger charge is -2.19. The molecule has 6 nitrogen and oxygen atoms in total. The van der Waals surface area contributed by atoms with Crippen LogP contribution < -0.4 is 15.0 Å². The molecule has 1 amide bonds. The van der Waals surface area contributed by atoms with Gasteiger partial charge in [0.05, 0.1) is 6.54 Å². The maximum absolute atomic E-state index is 11.4. The van der Waals surface area contributed by atoms with Gasteiger partial charge in [0.15, 0.2) is 0 Å². The summed E-state index contributed by atoms with van der Waals surface area (Å²) in [7, 11) is 3.83. The molecule has 1 heterocycles. The summed E-state index contributed by atoms with van der Waals surface area (Å²) in [6.45, 7) is 6.16. The number of nitrogens with one attached hydrogen (secondary N) is 1. The van der Waals surface area contributed by atoms with Crippen molar-refractivity contribution in [2.75, 3.05) is 32.1 Å². The number of ether oxygens (including phenoxy) is 2. The van der Waals surface area contributed by atoms with Crippen molar-refractivity contribution in [2.24, 2.45) is 0 Å². The van der Waals surface area contributed by atoms with Gasteiger partial charge in [0, 0.05) is 20.2 Å². The molecule has 112 valence electrons. The fourth-order valence-electron chi connectivity index (χ4n) is 1.36. The van der Waals surface area contributed by atoms with Crippen LogP contribution in [0.25, 0.3) is 0 Å². The molecule has 0 aliphatic carbocycles. The minimum absolute atomic E-state index is 0.336. The topological polar surface area (TPSA) is 63.7 Å². The number of alkyl carbamates (subject to hydrolysis) is 1. The van der Waals surface area contributed by atoms with Crippen molar-refractivity contribution in [1.82, 2.24) is 10.3 Å². The lowest BCUT2D eigenvalue weighted by molar-refractivity contribution is 0.0520. The van der Waals surface area contributed by atoms with Crippen LogP contribution in [0.5, 0.6) is 5.88 Å². The van der Waals surface area contributed by atoms with Crippen LogP contribution in [0.1, 0.15) is 20.8 Å². The lowest BCUT2D eigenvalue weighted by Crippen LogP contribution is -2.34. The van der Waals surface area contributed by atoms with Crippen molar-refractivity contribution in [3.63, 3.8) is 0 Å². The highest BCUT2D eigenvalue weighted by atomic mass is 16.6. The van der Waals surface area contributed by atoms with E-state index in [1.807, 2.05) is 51.9 Å². The van der Waals surface area contributed by atoms with Gasteiger partial charge in [-0.1, -0.05) is 6.07 Å². The Bertz CT molecular complexity index is 442. The molecule has 0 bridgehead atoms. The summed E-state index contributed by atoms with van der Waals surface area (Å²) in [4.78, 5) is 17.6. The standard InChI is InChI=1S/C14H23N3O3/c1-14(2,3)20-13(18)15-9-10-19-12-8-6-7-11(16-12)17(4)5/h6-8H,9-10H2,1-5H3,(H,15,18). The van der Waals surface area contributed by atoms with Crippen LogP contribution in [0.3, 0.4) is 0 Å². The monoisotopic (exact) mass is 281 g/mol. The number of rotatable bonds is 5. The Morgan fingerprint density at radius 2 is 2.05 bits per heavy atom. The average Bonchev–Trinajstić information content (AvgIpc) is 2.33. The van der Waals surface area contributed by atoms with Crippen molar-refractivity contribution >= 4 is 11.9 Å². The first-order valence-corrected chi connectivity index (χ1v) is 6.52. The number of nitrogens with zero attached hydrogens (tertiary/aromatic N) is 2. The van der Waals surface area contributed by atoms with Crippen LogP contribution in [0.2, 0.25) is 0 Å². The third kappa shape index (κ3) is 6.26. The number of anilines is 1. The number of pyridine rings is 1. The van der Waals surface area contributed by atoms with E-state index < -0.39 is 11.7 Å². The number of hydrogen-bond acceptors (Lipinski definition) is 5. The minimum atomic E-state index is -0.494. The van der Waals surface area contributed by atoms with E-state index >= 15 is 0 Å². The molecule has 0 atom stereocenters. The average molecular weight is 281 g/mol. The van der Waals surface area contributed by atoms with Gasteiger partial charge in [-0.25, -0.2) is 4.79 Å². The van der Waals surface area contributed by atoms with Gasteiger partial charge in [-0.15, -0.1) is 0 Å². The van der Waals surface area contributed by atoms with Gasteiger partial charge in [0.25, 0.3) is 0 Å². The summed E-state index contributed by atoms with van der Waals surface area (Å²) < 4.78 is 10.6. The molecule has 1 aromatic rings. The van der Waals surface area contributed by atoms with Gasteiger partial charge in [0.2, 0.25) is 5.88 Å². The minimum Gasteiger partial charge on any atom is -0.476 e. The number of amides is 1. The predicted molar refractivity (Wildman–Crippen MR) is 78.3 cm³/mol. The highest BCUT2D eigenvalue weighted by Crippen LogP contribution is 2.13. The number of aromatic nitrogens is 1. The first kappa shape index (κ1) is 16.1. The fraction of sp³-hybridized carbons (Fsp3) is 0.571. The highest BCUT2D eigenvalue weighted by molar-refractivity contribution is 5.67. The Labute approximate surface area is 120 Å². The van der Waals surface area contributed by atoms with Crippen molar-refractivity contribution in [3.8, 4) is 5.88 Å². The van der Waals surface area contributed by atoms with E-state index in [4.69, 9.17) is 9.47 Å². The van der Waals surface area contributed by atoms with Gasteiger partial charge in [-0.2, -0.15) is 4.98 Å². The van der Waals surface area contributed by atoms with Crippen LogP contribution in [-0.4, -0.2) is 43.9 Å². The molecule has 0 saturated heterocycles. The van der Waals surface area contributed by atoms with Crippen molar-refractivity contribution in [3.05, 3.63) is 18.2 Å². The Morgan fingerprint density at radius 3 is 2.65 bits per heavy atom. The van der Waals surface area contributed by atoms with E-state index in [0.29, 0.717) is 19.0 Å². The molecule has 0 spiro atoms. The third-order valence-electron chi connectivity index (χ3n) is 2.19. The van der Waals surface area contributed by atoms with Crippen LogP contribution in [-0.2, 0) is 4.74 Å². The predicted octanol–water partition coefficient (Wildman–Crippen LogP) is 2.05. The molecule has 0 aliphatic rings. The Hall–Kier alpha value is -1.98. The van der Waals surface area contributed by atoms with E-state index in [9.17, 15) is 4.79 Å². The van der Waals surface area contributed by atoms with Gasteiger partial charge in [0.1, 0.15) is 18.0 Å². The normalized spacial score (nSPS) is 10.8. The molecule has 0 fully saturated rings. The zero-order valence-corrected chi connectivity index (χ0v) is 12.8. The summed E-state index contributed by atoms with van der Waals surface area (Å²) in [5.41, 5.74) is -0.494. The van der Waals surface area contributed by atoms with E-state index in [-0.39, 0.29) is 0 Å². The number of hydrogen-bond donors (Lipinski definition) is 1. The molecule has 1 aromatic heterocycles. The van der Waals surface area contributed by atoms with Crippen LogP contribution in [0.4, 0.5) is 10.6 Å². The van der Waals surface area contributed by atoms with Gasteiger partial charge >= 0.3 is 6.09 Å². The van der Waals surface area contributed by atoms with Gasteiger partial charge in [-0.3, -0.25) is 0 Å². The number of carbonyl (C=O) groups excluding carboxylic acids is 1. The Kier molecular flexibility index (Phi) is 5.61. The van der Waals surface area contributed by atoms with Gasteiger partial charge in [-0.05, 0) is 26.8 Å². The molecular weight excluding hydrogens is 258 g/mol. The Balaban J connectivity index is 2.31. The van der Waals surface area contributed by atoms with E-state index in [1.54, 1.807) is 6.07 Å². The largest absolute Gasteiger partial charge is 0.476 e. The Morgan fingerprint density at radius 1 is 1.35 bits per heavy atom. The third-order valence-corrected chi connectivity index (χ3v) is 2.19. The quantitative estimate of drug-likeness (QED) is 0.837. The summed E-state index contributed by atoms with van der Waals surface area (Å²) >= 11 is 0. The van der Waals surface area contributed by atoms with Crippen LogP contribution in [0.15, 0.2) is 18.2 Å². The molecule has 0 aromatic carbocycles. The highest BCUT2D eigenvalue weighted by Gasteiger charge is 2.15. The molecule has 0 unspecified atom stereocenters. The summed E-state index contributed by atoms with van der Waals surface area (Å²) in [6.07, 6.45) is -0.448. The second-order valence-corrected chi connectivity index (χ2v) is 5.51. The summed E-state index contributed by atoms with van der Waals surface area (Å²) in [5, 5.41) is 2.62. The molecule has 1 rings (SSSR count). The number of carbonyl (C=O) groups is 1. The summed E-state index contributed by atoms with van der Waals surface area (Å²) in [6, 6.07) is 5.55. The molecule has 0 aliphatic heterocycles. The van der Waals surface area contributed by atoms with Crippen molar-refractivity contribution < 1.29 is 14.3 Å². The van der Waals surface area contributed by atoms with Crippen LogP contribution >= 0.6 is 0 Å². The second kappa shape index (κ2) is 6.98. The molecular formula is C14H23N3O3. The molecule has 6 heteroatoms. The maximum atomic E-state index is 11.4. The second-order valence-electron chi connectivity index (χ2n) is 5.51. The zero-order chi connectivity index (χ0) is 15.2. The SMILES string of the molecule is CN(C)c1cccc(OCCNC(=O)OC(C)(C)C)n1. The lowest BCUT2D eigenvalue weighted by atomic mass is 10.2. The van der Waals surface area contributed by atoms with Crippen molar-refractivity contribution in [1.29, 1.82) is 0 Å². The van der Waals surface area contributed by atoms with Gasteiger partial charge < -0.3 is 19.7 Å².